The first-order valence-corrected chi connectivity index (χ1v) is 11.7. The van der Waals surface area contributed by atoms with Crippen LogP contribution in [0.15, 0.2) is 59.5 Å². The molecule has 3 amide bonds. The molecule has 1 atom stereocenters. The second-order valence-electron chi connectivity index (χ2n) is 7.49. The highest BCUT2D eigenvalue weighted by Gasteiger charge is 2.22. The second-order valence-corrected chi connectivity index (χ2v) is 9.18. The summed E-state index contributed by atoms with van der Waals surface area (Å²) in [6.45, 7) is 1.37. The lowest BCUT2D eigenvalue weighted by atomic mass is 9.96. The molecular weight excluding hydrogens is 418 g/mol. The van der Waals surface area contributed by atoms with Crippen LogP contribution in [0.4, 0.5) is 4.79 Å². The van der Waals surface area contributed by atoms with Crippen molar-refractivity contribution in [1.82, 2.24) is 15.4 Å². The Bertz CT molecular complexity index is 988. The molecule has 0 aliphatic heterocycles. The third kappa shape index (κ3) is 6.71. The number of amides is 3. The van der Waals surface area contributed by atoms with Crippen molar-refractivity contribution in [2.75, 3.05) is 0 Å². The van der Waals surface area contributed by atoms with Gasteiger partial charge in [0.25, 0.3) is 10.0 Å². The first-order valence-electron chi connectivity index (χ1n) is 10.3. The maximum Gasteiger partial charge on any atom is 0.328 e. The summed E-state index contributed by atoms with van der Waals surface area (Å²) in [4.78, 5) is 23.7. The molecule has 3 N–H and O–H groups in total. The SMILES string of the molecule is CC(=O)NC(Oc1ccccc1)c1ccc(S(=O)(=O)NC(=O)NC2CCCCC2)cc1. The molecule has 1 fully saturated rings. The van der Waals surface area contributed by atoms with Crippen LogP contribution >= 0.6 is 0 Å². The Hall–Kier alpha value is -3.07. The van der Waals surface area contributed by atoms with E-state index in [-0.39, 0.29) is 16.8 Å². The number of nitrogens with one attached hydrogen (secondary N) is 3. The molecular formula is C22H27N3O5S. The van der Waals surface area contributed by atoms with Crippen molar-refractivity contribution in [1.29, 1.82) is 0 Å². The zero-order valence-electron chi connectivity index (χ0n) is 17.3. The number of carbonyl (C=O) groups is 2. The largest absolute Gasteiger partial charge is 0.466 e. The van der Waals surface area contributed by atoms with Crippen LogP contribution in [-0.4, -0.2) is 26.4 Å². The molecule has 0 radical (unpaired) electrons. The molecule has 9 heteroatoms. The van der Waals surface area contributed by atoms with E-state index in [1.54, 1.807) is 24.3 Å². The Morgan fingerprint density at radius 2 is 1.61 bits per heavy atom. The first kappa shape index (κ1) is 22.6. The van der Waals surface area contributed by atoms with Gasteiger partial charge in [0.2, 0.25) is 5.91 Å². The smallest absolute Gasteiger partial charge is 0.328 e. The second kappa shape index (κ2) is 10.3. The van der Waals surface area contributed by atoms with Crippen molar-refractivity contribution in [2.45, 2.75) is 56.2 Å². The lowest BCUT2D eigenvalue weighted by Gasteiger charge is -2.23. The molecule has 8 nitrogen and oxygen atoms in total. The van der Waals surface area contributed by atoms with E-state index < -0.39 is 22.3 Å². The Morgan fingerprint density at radius 3 is 2.23 bits per heavy atom. The predicted octanol–water partition coefficient (Wildman–Crippen LogP) is 3.22. The summed E-state index contributed by atoms with van der Waals surface area (Å²) in [5, 5.41) is 5.42. The molecule has 0 saturated heterocycles. The maximum atomic E-state index is 12.6. The van der Waals surface area contributed by atoms with Crippen molar-refractivity contribution in [3.63, 3.8) is 0 Å². The average Bonchev–Trinajstić information content (AvgIpc) is 2.74. The predicted molar refractivity (Wildman–Crippen MR) is 116 cm³/mol. The topological polar surface area (TPSA) is 114 Å². The molecule has 1 aliphatic carbocycles. The fraction of sp³-hybridized carbons (Fsp3) is 0.364. The van der Waals surface area contributed by atoms with Crippen LogP contribution in [0.25, 0.3) is 0 Å². The van der Waals surface area contributed by atoms with Gasteiger partial charge in [-0.05, 0) is 37.1 Å². The van der Waals surface area contributed by atoms with Gasteiger partial charge < -0.3 is 15.4 Å². The van der Waals surface area contributed by atoms with E-state index in [1.165, 1.54) is 31.2 Å². The van der Waals surface area contributed by atoms with E-state index in [0.29, 0.717) is 11.3 Å². The number of rotatable bonds is 7. The number of sulfonamides is 1. The summed E-state index contributed by atoms with van der Waals surface area (Å²) < 4.78 is 33.0. The number of benzene rings is 2. The highest BCUT2D eigenvalue weighted by molar-refractivity contribution is 7.90. The van der Waals surface area contributed by atoms with Crippen LogP contribution in [0.3, 0.4) is 0 Å². The normalized spacial score (nSPS) is 15.5. The van der Waals surface area contributed by atoms with Crippen LogP contribution in [-0.2, 0) is 14.8 Å². The third-order valence-electron chi connectivity index (χ3n) is 4.99. The molecule has 0 heterocycles. The number of carbonyl (C=O) groups excluding carboxylic acids is 2. The van der Waals surface area contributed by atoms with Crippen LogP contribution in [0, 0.1) is 0 Å². The fourth-order valence-electron chi connectivity index (χ4n) is 3.47. The summed E-state index contributed by atoms with van der Waals surface area (Å²) in [5.41, 5.74) is 0.560. The van der Waals surface area contributed by atoms with Crippen molar-refractivity contribution >= 4 is 22.0 Å². The average molecular weight is 446 g/mol. The standard InChI is InChI=1S/C22H27N3O5S/c1-16(26)23-21(30-19-10-6-3-7-11-19)17-12-14-20(15-13-17)31(28,29)25-22(27)24-18-8-4-2-5-9-18/h3,6-7,10-15,18,21H,2,4-5,8-9H2,1H3,(H,23,26)(H2,24,25,27). The number of ether oxygens (including phenoxy) is 1. The number of hydrogen-bond acceptors (Lipinski definition) is 5. The maximum absolute atomic E-state index is 12.6. The van der Waals surface area contributed by atoms with Crippen LogP contribution in [0.5, 0.6) is 5.75 Å². The summed E-state index contributed by atoms with van der Waals surface area (Å²) in [6.07, 6.45) is 4.11. The van der Waals surface area contributed by atoms with Crippen molar-refractivity contribution in [3.8, 4) is 5.75 Å². The van der Waals surface area contributed by atoms with Gasteiger partial charge >= 0.3 is 6.03 Å². The van der Waals surface area contributed by atoms with E-state index in [2.05, 4.69) is 15.4 Å². The molecule has 1 aliphatic rings. The van der Waals surface area contributed by atoms with Crippen molar-refractivity contribution < 1.29 is 22.7 Å². The monoisotopic (exact) mass is 445 g/mol. The fourth-order valence-corrected chi connectivity index (χ4v) is 4.38. The molecule has 166 valence electrons. The molecule has 2 aromatic carbocycles. The van der Waals surface area contributed by atoms with Gasteiger partial charge in [-0.2, -0.15) is 0 Å². The molecule has 0 aromatic heterocycles. The van der Waals surface area contributed by atoms with Crippen LogP contribution < -0.4 is 20.1 Å². The summed E-state index contributed by atoms with van der Waals surface area (Å²) in [6, 6.07) is 14.1. The molecule has 1 unspecified atom stereocenters. The van der Waals surface area contributed by atoms with Gasteiger partial charge in [0, 0.05) is 18.5 Å². The van der Waals surface area contributed by atoms with Crippen LogP contribution in [0.2, 0.25) is 0 Å². The van der Waals surface area contributed by atoms with E-state index in [0.717, 1.165) is 32.1 Å². The van der Waals surface area contributed by atoms with E-state index >= 15 is 0 Å². The number of para-hydroxylation sites is 1. The highest BCUT2D eigenvalue weighted by Crippen LogP contribution is 2.22. The lowest BCUT2D eigenvalue weighted by molar-refractivity contribution is -0.121. The Morgan fingerprint density at radius 1 is 0.968 bits per heavy atom. The minimum atomic E-state index is -4.02. The summed E-state index contributed by atoms with van der Waals surface area (Å²) in [7, 11) is -4.02. The minimum absolute atomic E-state index is 0.000116. The Balaban J connectivity index is 1.68. The van der Waals surface area contributed by atoms with Crippen molar-refractivity contribution in [2.24, 2.45) is 0 Å². The molecule has 0 bridgehead atoms. The van der Waals surface area contributed by atoms with Crippen LogP contribution in [0.1, 0.15) is 50.8 Å². The summed E-state index contributed by atoms with van der Waals surface area (Å²) in [5.74, 6) is 0.262. The van der Waals surface area contributed by atoms with E-state index in [9.17, 15) is 18.0 Å². The van der Waals surface area contributed by atoms with Gasteiger partial charge in [-0.3, -0.25) is 4.79 Å². The Kier molecular flexibility index (Phi) is 7.51. The first-order chi connectivity index (χ1) is 14.8. The van der Waals surface area contributed by atoms with Gasteiger partial charge in [-0.25, -0.2) is 17.9 Å². The number of urea groups is 1. The van der Waals surface area contributed by atoms with Gasteiger partial charge in [0.1, 0.15) is 5.75 Å². The van der Waals surface area contributed by atoms with E-state index in [4.69, 9.17) is 4.74 Å². The Labute approximate surface area is 182 Å². The van der Waals surface area contributed by atoms with Gasteiger partial charge in [-0.15, -0.1) is 0 Å². The quantitative estimate of drug-likeness (QED) is 0.566. The number of hydrogen-bond donors (Lipinski definition) is 3. The molecule has 31 heavy (non-hydrogen) atoms. The highest BCUT2D eigenvalue weighted by atomic mass is 32.2. The minimum Gasteiger partial charge on any atom is -0.466 e. The zero-order chi connectivity index (χ0) is 22.3. The lowest BCUT2D eigenvalue weighted by Crippen LogP contribution is -2.45. The zero-order valence-corrected chi connectivity index (χ0v) is 18.2. The third-order valence-corrected chi connectivity index (χ3v) is 6.34. The molecule has 3 rings (SSSR count). The van der Waals surface area contributed by atoms with Crippen molar-refractivity contribution in [3.05, 3.63) is 60.2 Å². The molecule has 1 saturated carbocycles. The van der Waals surface area contributed by atoms with E-state index in [1.807, 2.05) is 6.07 Å². The molecule has 0 spiro atoms. The van der Waals surface area contributed by atoms with Gasteiger partial charge in [0.15, 0.2) is 6.23 Å². The van der Waals surface area contributed by atoms with Gasteiger partial charge in [0.05, 0.1) is 4.90 Å². The summed E-state index contributed by atoms with van der Waals surface area (Å²) >= 11 is 0. The molecule has 2 aromatic rings. The van der Waals surface area contributed by atoms with Gasteiger partial charge in [-0.1, -0.05) is 49.6 Å².